The topological polar surface area (TPSA) is 105 Å². The fourth-order valence-corrected chi connectivity index (χ4v) is 4.26. The Morgan fingerprint density at radius 1 is 1.10 bits per heavy atom. The lowest BCUT2D eigenvalue weighted by atomic mass is 9.83. The van der Waals surface area contributed by atoms with E-state index in [1.165, 1.54) is 18.4 Å². The normalized spacial score (nSPS) is 22.7. The number of carbonyl (C=O) groups excluding carboxylic acids is 3. The minimum Gasteiger partial charge on any atom is -0.467 e. The standard InChI is InChI=1S/C21H36N2O6/c1-21(2,3)29-20(27)22-15(13-14-9-6-5-7-10-14)17(24)18(25)23-12-8-11-16(23)19(26)28-4/h14-17,24H,5-13H2,1-4H3,(H,22,27)/t15-,16-,17+/m0/s1. The Kier molecular flexibility index (Phi) is 8.31. The summed E-state index contributed by atoms with van der Waals surface area (Å²) in [5, 5.41) is 13.6. The van der Waals surface area contributed by atoms with Crippen molar-refractivity contribution in [1.29, 1.82) is 0 Å². The molecule has 0 aromatic carbocycles. The van der Waals surface area contributed by atoms with E-state index in [9.17, 15) is 19.5 Å². The molecular formula is C21H36N2O6. The second-order valence-corrected chi connectivity index (χ2v) is 9.15. The van der Waals surface area contributed by atoms with Gasteiger partial charge in [-0.3, -0.25) is 4.79 Å². The number of likely N-dealkylation sites (tertiary alicyclic amines) is 1. The lowest BCUT2D eigenvalue weighted by Crippen LogP contribution is -2.55. The van der Waals surface area contributed by atoms with Crippen LogP contribution >= 0.6 is 0 Å². The van der Waals surface area contributed by atoms with Gasteiger partial charge in [0, 0.05) is 6.54 Å². The third-order valence-electron chi connectivity index (χ3n) is 5.66. The van der Waals surface area contributed by atoms with Crippen molar-refractivity contribution in [1.82, 2.24) is 10.2 Å². The van der Waals surface area contributed by atoms with Gasteiger partial charge in [-0.05, 0) is 46.0 Å². The van der Waals surface area contributed by atoms with Crippen LogP contribution in [0, 0.1) is 5.92 Å². The second-order valence-electron chi connectivity index (χ2n) is 9.15. The first-order chi connectivity index (χ1) is 13.6. The number of hydrogen-bond acceptors (Lipinski definition) is 6. The number of nitrogens with zero attached hydrogens (tertiary/aromatic N) is 1. The Morgan fingerprint density at radius 2 is 1.76 bits per heavy atom. The van der Waals surface area contributed by atoms with Crippen LogP contribution < -0.4 is 5.32 Å². The molecule has 3 atom stereocenters. The fourth-order valence-electron chi connectivity index (χ4n) is 4.26. The Balaban J connectivity index is 2.11. The van der Waals surface area contributed by atoms with E-state index in [2.05, 4.69) is 5.32 Å². The molecule has 0 radical (unpaired) electrons. The first kappa shape index (κ1) is 23.4. The molecule has 8 heteroatoms. The summed E-state index contributed by atoms with van der Waals surface area (Å²) < 4.78 is 10.1. The van der Waals surface area contributed by atoms with Gasteiger partial charge in [-0.1, -0.05) is 32.1 Å². The number of nitrogens with one attached hydrogen (secondary N) is 1. The zero-order valence-electron chi connectivity index (χ0n) is 18.1. The molecule has 1 saturated heterocycles. The number of aliphatic hydroxyl groups is 1. The molecule has 29 heavy (non-hydrogen) atoms. The third-order valence-corrected chi connectivity index (χ3v) is 5.66. The van der Waals surface area contributed by atoms with E-state index in [1.807, 2.05) is 0 Å². The van der Waals surface area contributed by atoms with Gasteiger partial charge in [0.15, 0.2) is 6.10 Å². The van der Waals surface area contributed by atoms with Gasteiger partial charge < -0.3 is 24.8 Å². The maximum atomic E-state index is 13.0. The number of hydrogen-bond donors (Lipinski definition) is 2. The minimum absolute atomic E-state index is 0.334. The Morgan fingerprint density at radius 3 is 2.34 bits per heavy atom. The number of amides is 2. The number of alkyl carbamates (subject to hydrolysis) is 1. The van der Waals surface area contributed by atoms with E-state index < -0.39 is 41.8 Å². The molecule has 0 aromatic rings. The fraction of sp³-hybridized carbons (Fsp3) is 0.857. The van der Waals surface area contributed by atoms with Gasteiger partial charge in [-0.2, -0.15) is 0 Å². The molecule has 2 amide bonds. The van der Waals surface area contributed by atoms with E-state index >= 15 is 0 Å². The molecule has 1 aliphatic heterocycles. The predicted octanol–water partition coefficient (Wildman–Crippen LogP) is 2.37. The monoisotopic (exact) mass is 412 g/mol. The minimum atomic E-state index is -1.44. The molecule has 0 aromatic heterocycles. The number of aliphatic hydroxyl groups excluding tert-OH is 1. The lowest BCUT2D eigenvalue weighted by molar-refractivity contribution is -0.155. The molecule has 1 saturated carbocycles. The van der Waals surface area contributed by atoms with Crippen molar-refractivity contribution in [2.75, 3.05) is 13.7 Å². The molecule has 2 rings (SSSR count). The Labute approximate surface area is 173 Å². The Hall–Kier alpha value is -1.83. The summed E-state index contributed by atoms with van der Waals surface area (Å²) in [6.07, 6.45) is 5.05. The van der Waals surface area contributed by atoms with Crippen LogP contribution in [0.2, 0.25) is 0 Å². The SMILES string of the molecule is COC(=O)[C@@H]1CCCN1C(=O)[C@H](O)[C@H](CC1CCCCC1)NC(=O)OC(C)(C)C. The first-order valence-electron chi connectivity index (χ1n) is 10.7. The maximum Gasteiger partial charge on any atom is 0.407 e. The van der Waals surface area contributed by atoms with Crippen LogP contribution in [0.3, 0.4) is 0 Å². The van der Waals surface area contributed by atoms with Crippen LogP contribution in [0.4, 0.5) is 4.79 Å². The van der Waals surface area contributed by atoms with Crippen molar-refractivity contribution in [3.05, 3.63) is 0 Å². The summed E-state index contributed by atoms with van der Waals surface area (Å²) in [6, 6.07) is -1.45. The highest BCUT2D eigenvalue weighted by Gasteiger charge is 2.41. The summed E-state index contributed by atoms with van der Waals surface area (Å²) >= 11 is 0. The van der Waals surface area contributed by atoms with Gasteiger partial charge in [0.1, 0.15) is 11.6 Å². The number of rotatable bonds is 6. The van der Waals surface area contributed by atoms with E-state index in [-0.39, 0.29) is 0 Å². The van der Waals surface area contributed by atoms with Crippen LogP contribution in [0.25, 0.3) is 0 Å². The molecule has 0 spiro atoms. The van der Waals surface area contributed by atoms with Crippen LogP contribution in [0.15, 0.2) is 0 Å². The molecule has 166 valence electrons. The lowest BCUT2D eigenvalue weighted by Gasteiger charge is -2.33. The number of methoxy groups -OCH3 is 1. The average Bonchev–Trinajstić information content (AvgIpc) is 3.14. The van der Waals surface area contributed by atoms with Crippen molar-refractivity contribution in [2.45, 2.75) is 95.9 Å². The zero-order valence-corrected chi connectivity index (χ0v) is 18.1. The van der Waals surface area contributed by atoms with Gasteiger partial charge >= 0.3 is 12.1 Å². The van der Waals surface area contributed by atoms with Gasteiger partial charge in [0.25, 0.3) is 5.91 Å². The van der Waals surface area contributed by atoms with Gasteiger partial charge in [-0.15, -0.1) is 0 Å². The van der Waals surface area contributed by atoms with E-state index in [0.29, 0.717) is 31.7 Å². The molecule has 2 aliphatic rings. The van der Waals surface area contributed by atoms with Gasteiger partial charge in [-0.25, -0.2) is 9.59 Å². The van der Waals surface area contributed by atoms with Crippen molar-refractivity contribution in [3.8, 4) is 0 Å². The molecule has 1 heterocycles. The van der Waals surface area contributed by atoms with Gasteiger partial charge in [0.05, 0.1) is 13.2 Å². The molecule has 8 nitrogen and oxygen atoms in total. The molecule has 1 aliphatic carbocycles. The highest BCUT2D eigenvalue weighted by atomic mass is 16.6. The van der Waals surface area contributed by atoms with Crippen LogP contribution in [-0.2, 0) is 19.1 Å². The zero-order chi connectivity index (χ0) is 21.6. The predicted molar refractivity (Wildman–Crippen MR) is 107 cm³/mol. The first-order valence-corrected chi connectivity index (χ1v) is 10.7. The van der Waals surface area contributed by atoms with Crippen molar-refractivity contribution < 1.29 is 29.0 Å². The molecule has 2 N–H and O–H groups in total. The van der Waals surface area contributed by atoms with Crippen LogP contribution in [0.1, 0.15) is 72.1 Å². The summed E-state index contributed by atoms with van der Waals surface area (Å²) in [6.45, 7) is 5.67. The molecular weight excluding hydrogens is 376 g/mol. The van der Waals surface area contributed by atoms with E-state index in [4.69, 9.17) is 9.47 Å². The highest BCUT2D eigenvalue weighted by molar-refractivity contribution is 5.88. The molecule has 0 unspecified atom stereocenters. The summed E-state index contributed by atoms with van der Waals surface area (Å²) in [4.78, 5) is 38.7. The highest BCUT2D eigenvalue weighted by Crippen LogP contribution is 2.29. The smallest absolute Gasteiger partial charge is 0.407 e. The maximum absolute atomic E-state index is 13.0. The Bertz CT molecular complexity index is 582. The van der Waals surface area contributed by atoms with E-state index in [0.717, 1.165) is 25.7 Å². The largest absolute Gasteiger partial charge is 0.467 e. The molecule has 2 fully saturated rings. The molecule has 0 bridgehead atoms. The van der Waals surface area contributed by atoms with Crippen LogP contribution in [0.5, 0.6) is 0 Å². The van der Waals surface area contributed by atoms with Crippen LogP contribution in [-0.4, -0.2) is 65.4 Å². The van der Waals surface area contributed by atoms with Crippen molar-refractivity contribution in [2.24, 2.45) is 5.92 Å². The quantitative estimate of drug-likeness (QED) is 0.649. The van der Waals surface area contributed by atoms with Crippen molar-refractivity contribution in [3.63, 3.8) is 0 Å². The number of ether oxygens (including phenoxy) is 2. The van der Waals surface area contributed by atoms with Crippen molar-refractivity contribution >= 4 is 18.0 Å². The van der Waals surface area contributed by atoms with Gasteiger partial charge in [0.2, 0.25) is 0 Å². The summed E-state index contributed by atoms with van der Waals surface area (Å²) in [7, 11) is 1.29. The second kappa shape index (κ2) is 10.3. The summed E-state index contributed by atoms with van der Waals surface area (Å²) in [5.41, 5.74) is -0.681. The van der Waals surface area contributed by atoms with E-state index in [1.54, 1.807) is 20.8 Å². The number of carbonyl (C=O) groups is 3. The number of esters is 1. The average molecular weight is 413 g/mol. The summed E-state index contributed by atoms with van der Waals surface area (Å²) in [5.74, 6) is -0.692. The third kappa shape index (κ3) is 6.87.